The fourth-order valence-corrected chi connectivity index (χ4v) is 11.7. The molecule has 2 saturated heterocycles. The minimum atomic E-state index is -0.346. The smallest absolute Gasteiger partial charge is 0.162 e. The number of anilines is 2. The third kappa shape index (κ3) is 7.33. The van der Waals surface area contributed by atoms with Crippen LogP contribution in [0.4, 0.5) is 20.2 Å². The van der Waals surface area contributed by atoms with Gasteiger partial charge in [0.15, 0.2) is 5.82 Å². The molecule has 0 unspecified atom stereocenters. The molecule has 4 aromatic carbocycles. The van der Waals surface area contributed by atoms with Crippen molar-refractivity contribution in [2.24, 2.45) is 10.9 Å². The Bertz CT molecular complexity index is 2620. The van der Waals surface area contributed by atoms with Gasteiger partial charge in [0.2, 0.25) is 0 Å². The van der Waals surface area contributed by atoms with Crippen molar-refractivity contribution in [1.29, 1.82) is 0 Å². The first-order valence-electron chi connectivity index (χ1n) is 21.9. The van der Waals surface area contributed by atoms with E-state index in [9.17, 15) is 5.11 Å². The van der Waals surface area contributed by atoms with Crippen LogP contribution < -0.4 is 9.80 Å². The summed E-state index contributed by atoms with van der Waals surface area (Å²) in [5.74, 6) is 1.57. The van der Waals surface area contributed by atoms with Crippen molar-refractivity contribution in [3.05, 3.63) is 152 Å². The van der Waals surface area contributed by atoms with Crippen molar-refractivity contribution in [2.75, 3.05) is 55.6 Å². The number of nitrogens with zero attached hydrogens (tertiary/aromatic N) is 7. The fourth-order valence-electron chi connectivity index (χ4n) is 10.5. The van der Waals surface area contributed by atoms with Crippen LogP contribution in [0.2, 0.25) is 0 Å². The summed E-state index contributed by atoms with van der Waals surface area (Å²) in [5.41, 5.74) is 9.94. The number of thiophene rings is 1. The number of piperidine rings is 1. The highest BCUT2D eigenvalue weighted by molar-refractivity contribution is 7.15. The van der Waals surface area contributed by atoms with Gasteiger partial charge in [0.25, 0.3) is 0 Å². The number of halogens is 2. The number of aromatic hydroxyl groups is 1. The second-order valence-electron chi connectivity index (χ2n) is 17.6. The first-order chi connectivity index (χ1) is 29.6. The zero-order valence-electron chi connectivity index (χ0n) is 35.4. The van der Waals surface area contributed by atoms with Crippen LogP contribution in [0.15, 0.2) is 89.9 Å². The third-order valence-corrected chi connectivity index (χ3v) is 15.1. The normalized spacial score (nSPS) is 20.8. The first kappa shape index (κ1) is 39.7. The summed E-state index contributed by atoms with van der Waals surface area (Å²) in [6, 6.07) is 26.8. The number of hydrogen-bond acceptors (Lipinski definition) is 8. The van der Waals surface area contributed by atoms with Gasteiger partial charge in [-0.15, -0.1) is 21.5 Å². The van der Waals surface area contributed by atoms with Crippen LogP contribution in [0.1, 0.15) is 99.5 Å². The van der Waals surface area contributed by atoms with Crippen LogP contribution in [0.25, 0.3) is 5.00 Å². The van der Waals surface area contributed by atoms with E-state index in [1.54, 1.807) is 35.6 Å². The van der Waals surface area contributed by atoms with Gasteiger partial charge in [-0.2, -0.15) is 0 Å². The summed E-state index contributed by atoms with van der Waals surface area (Å²) >= 11 is 1.79. The topological polar surface area (TPSA) is 73.0 Å². The number of phenols is 1. The number of phenolic OH excluding ortho intramolecular Hbond substituents is 1. The number of aryl methyl sites for hydroxylation is 3. The molecule has 4 aliphatic rings. The van der Waals surface area contributed by atoms with Crippen LogP contribution in [0.5, 0.6) is 5.75 Å². The molecule has 61 heavy (non-hydrogen) atoms. The van der Waals surface area contributed by atoms with Gasteiger partial charge in [-0.05, 0) is 135 Å². The number of hydrogen-bond donors (Lipinski definition) is 1. The van der Waals surface area contributed by atoms with Gasteiger partial charge in [-0.3, -0.25) is 14.5 Å². The van der Waals surface area contributed by atoms with E-state index in [0.717, 1.165) is 103 Å². The lowest BCUT2D eigenvalue weighted by molar-refractivity contribution is 0.201. The molecular weight excluding hydrogens is 785 g/mol. The number of aliphatic imine (C=N–C) groups is 1. The molecule has 5 heterocycles. The second kappa shape index (κ2) is 16.1. The third-order valence-electron chi connectivity index (χ3n) is 13.9. The summed E-state index contributed by atoms with van der Waals surface area (Å²) in [6.45, 7) is 15.3. The van der Waals surface area contributed by atoms with E-state index in [2.05, 4.69) is 74.5 Å². The standard InChI is InChI=1S/C50H53F2N7OS/c1-30-32(3)61-50-46(30)48(53-31(2)49-55-54-33(4)59(49)50)35-9-12-37(13-10-35)57-21-19-34(20-22-57)29-56-23-25-58(26-24-56)38-14-17-43(45(52)28-38)47-40-18-15-39(60)27-36(40)11-16-42(47)41-7-5-6-8-44(41)51/h5-10,12-15,17-18,27-28,31,34,42,47,60H,11,16,19-26,29H2,1-4H3/t31-,42+,47+/m0/s1. The molecule has 0 spiro atoms. The van der Waals surface area contributed by atoms with Crippen LogP contribution in [0.3, 0.4) is 0 Å². The van der Waals surface area contributed by atoms with E-state index < -0.39 is 0 Å². The highest BCUT2D eigenvalue weighted by Crippen LogP contribution is 2.48. The Morgan fingerprint density at radius 1 is 0.738 bits per heavy atom. The molecule has 0 radical (unpaired) electrons. The van der Waals surface area contributed by atoms with Gasteiger partial charge in [-0.1, -0.05) is 42.5 Å². The quantitative estimate of drug-likeness (QED) is 0.173. The molecule has 314 valence electrons. The maximum atomic E-state index is 16.3. The summed E-state index contributed by atoms with van der Waals surface area (Å²) in [5, 5.41) is 20.3. The van der Waals surface area contributed by atoms with Gasteiger partial charge in [-0.25, -0.2) is 8.78 Å². The van der Waals surface area contributed by atoms with E-state index >= 15 is 8.78 Å². The maximum absolute atomic E-state index is 16.3. The molecule has 8 nitrogen and oxygen atoms in total. The molecule has 1 N–H and O–H groups in total. The molecule has 1 aliphatic carbocycles. The van der Waals surface area contributed by atoms with Gasteiger partial charge in [0.1, 0.15) is 34.3 Å². The maximum Gasteiger partial charge on any atom is 0.162 e. The first-order valence-corrected chi connectivity index (χ1v) is 22.7. The molecule has 3 aliphatic heterocycles. The second-order valence-corrected chi connectivity index (χ2v) is 18.8. The summed E-state index contributed by atoms with van der Waals surface area (Å²) in [4.78, 5) is 13.9. The highest BCUT2D eigenvalue weighted by atomic mass is 32.1. The summed E-state index contributed by atoms with van der Waals surface area (Å²) in [7, 11) is 0. The van der Waals surface area contributed by atoms with Crippen LogP contribution in [0, 0.1) is 38.3 Å². The largest absolute Gasteiger partial charge is 0.508 e. The van der Waals surface area contributed by atoms with Crippen molar-refractivity contribution < 1.29 is 13.9 Å². The van der Waals surface area contributed by atoms with E-state index in [4.69, 9.17) is 4.99 Å². The Morgan fingerprint density at radius 3 is 2.21 bits per heavy atom. The fraction of sp³-hybridized carbons (Fsp3) is 0.380. The molecule has 3 atom stereocenters. The monoisotopic (exact) mass is 837 g/mol. The minimum Gasteiger partial charge on any atom is -0.508 e. The number of rotatable bonds is 7. The van der Waals surface area contributed by atoms with E-state index in [1.807, 2.05) is 37.3 Å². The number of aromatic nitrogens is 3. The van der Waals surface area contributed by atoms with Crippen LogP contribution in [-0.4, -0.2) is 76.3 Å². The minimum absolute atomic E-state index is 0.0991. The Morgan fingerprint density at radius 2 is 1.46 bits per heavy atom. The van der Waals surface area contributed by atoms with Gasteiger partial charge in [0.05, 0.1) is 5.71 Å². The van der Waals surface area contributed by atoms with E-state index in [0.29, 0.717) is 29.9 Å². The van der Waals surface area contributed by atoms with Gasteiger partial charge >= 0.3 is 0 Å². The molecule has 2 aromatic heterocycles. The lowest BCUT2D eigenvalue weighted by atomic mass is 9.69. The number of piperazine rings is 1. The Kier molecular flexibility index (Phi) is 10.5. The van der Waals surface area contributed by atoms with Crippen molar-refractivity contribution in [3.8, 4) is 10.8 Å². The van der Waals surface area contributed by atoms with Crippen molar-refractivity contribution in [1.82, 2.24) is 19.7 Å². The SMILES string of the molecule is Cc1sc2c(c1C)C(c1ccc(N3CCC(CN4CCN(c5ccc([C@@H]6c7ccc(O)cc7CC[C@@H]6c6ccccc6F)c(F)c5)CC4)CC3)cc1)=N[C@@H](C)c1nnc(C)n1-2. The molecule has 10 rings (SSSR count). The summed E-state index contributed by atoms with van der Waals surface area (Å²) < 4.78 is 33.7. The van der Waals surface area contributed by atoms with E-state index in [1.165, 1.54) is 27.8 Å². The number of fused-ring (bicyclic) bond motifs is 4. The highest BCUT2D eigenvalue weighted by Gasteiger charge is 2.36. The molecule has 0 saturated carbocycles. The predicted molar refractivity (Wildman–Crippen MR) is 241 cm³/mol. The lowest BCUT2D eigenvalue weighted by Crippen LogP contribution is -2.49. The van der Waals surface area contributed by atoms with Gasteiger partial charge in [0, 0.05) is 79.1 Å². The molecular formula is C50H53F2N7OS. The molecule has 11 heteroatoms. The van der Waals surface area contributed by atoms with Crippen LogP contribution in [-0.2, 0) is 6.42 Å². The van der Waals surface area contributed by atoms with Crippen molar-refractivity contribution >= 4 is 28.4 Å². The van der Waals surface area contributed by atoms with E-state index in [-0.39, 0.29) is 35.3 Å². The zero-order valence-corrected chi connectivity index (χ0v) is 36.2. The zero-order chi connectivity index (χ0) is 41.9. The van der Waals surface area contributed by atoms with Crippen molar-refractivity contribution in [3.63, 3.8) is 0 Å². The Hall–Kier alpha value is -5.39. The number of benzene rings is 4. The molecule has 6 aromatic rings. The molecule has 0 bridgehead atoms. The summed E-state index contributed by atoms with van der Waals surface area (Å²) in [6.07, 6.45) is 3.70. The molecule has 0 amide bonds. The lowest BCUT2D eigenvalue weighted by Gasteiger charge is -2.40. The average Bonchev–Trinajstić information content (AvgIpc) is 3.76. The average molecular weight is 838 g/mol. The van der Waals surface area contributed by atoms with Gasteiger partial charge < -0.3 is 14.9 Å². The predicted octanol–water partition coefficient (Wildman–Crippen LogP) is 10.1. The van der Waals surface area contributed by atoms with Crippen molar-refractivity contribution in [2.45, 2.75) is 71.3 Å². The Labute approximate surface area is 361 Å². The Balaban J connectivity index is 0.761. The molecule has 2 fully saturated rings. The van der Waals surface area contributed by atoms with Crippen LogP contribution >= 0.6 is 11.3 Å².